The molecule has 0 aromatic heterocycles. The molecule has 2 rings (SSSR count). The highest BCUT2D eigenvalue weighted by Crippen LogP contribution is 2.23. The van der Waals surface area contributed by atoms with Crippen LogP contribution in [0.2, 0.25) is 5.02 Å². The third kappa shape index (κ3) is 3.14. The SMILES string of the molecule is Cc1c(N)cccc1S(=O)Cc1cc(Cl)ccc1F. The predicted molar refractivity (Wildman–Crippen MR) is 77.1 cm³/mol. The molecule has 0 aliphatic rings. The standard InChI is InChI=1S/C14H13ClFNOS/c1-9-13(17)3-2-4-14(9)19(18)8-10-7-11(15)5-6-12(10)16/h2-7H,8,17H2,1H3. The molecule has 0 bridgehead atoms. The van der Waals surface area contributed by atoms with E-state index >= 15 is 0 Å². The van der Waals surface area contributed by atoms with Crippen molar-refractivity contribution in [3.05, 3.63) is 58.4 Å². The highest BCUT2D eigenvalue weighted by atomic mass is 35.5. The van der Waals surface area contributed by atoms with E-state index < -0.39 is 16.6 Å². The third-order valence-corrected chi connectivity index (χ3v) is 4.61. The monoisotopic (exact) mass is 297 g/mol. The van der Waals surface area contributed by atoms with Gasteiger partial charge >= 0.3 is 0 Å². The summed E-state index contributed by atoms with van der Waals surface area (Å²) in [6, 6.07) is 9.47. The molecule has 1 unspecified atom stereocenters. The van der Waals surface area contributed by atoms with E-state index in [2.05, 4.69) is 0 Å². The third-order valence-electron chi connectivity index (χ3n) is 2.87. The fraction of sp³-hybridized carbons (Fsp3) is 0.143. The van der Waals surface area contributed by atoms with Crippen molar-refractivity contribution in [2.24, 2.45) is 0 Å². The minimum absolute atomic E-state index is 0.0800. The lowest BCUT2D eigenvalue weighted by Gasteiger charge is -2.09. The van der Waals surface area contributed by atoms with Crippen LogP contribution in [0.15, 0.2) is 41.3 Å². The molecule has 2 aromatic rings. The Labute approximate surface area is 118 Å². The van der Waals surface area contributed by atoms with Crippen molar-refractivity contribution < 1.29 is 8.60 Å². The average molecular weight is 298 g/mol. The molecule has 0 fully saturated rings. The molecule has 0 aliphatic heterocycles. The fourth-order valence-corrected chi connectivity index (χ4v) is 3.29. The lowest BCUT2D eigenvalue weighted by Crippen LogP contribution is -2.02. The van der Waals surface area contributed by atoms with E-state index in [0.717, 1.165) is 5.56 Å². The molecule has 0 spiro atoms. The Morgan fingerprint density at radius 1 is 1.32 bits per heavy atom. The normalized spacial score (nSPS) is 12.4. The lowest BCUT2D eigenvalue weighted by molar-refractivity contribution is 0.615. The Morgan fingerprint density at radius 3 is 2.79 bits per heavy atom. The van der Waals surface area contributed by atoms with Crippen LogP contribution < -0.4 is 5.73 Å². The number of benzene rings is 2. The summed E-state index contributed by atoms with van der Waals surface area (Å²) in [5.41, 5.74) is 7.46. The molecule has 0 radical (unpaired) electrons. The molecule has 0 amide bonds. The van der Waals surface area contributed by atoms with Crippen LogP contribution in [0.1, 0.15) is 11.1 Å². The van der Waals surface area contributed by atoms with Crippen molar-refractivity contribution in [3.63, 3.8) is 0 Å². The number of hydrogen-bond acceptors (Lipinski definition) is 2. The van der Waals surface area contributed by atoms with Crippen LogP contribution in [-0.2, 0) is 16.6 Å². The van der Waals surface area contributed by atoms with Crippen LogP contribution >= 0.6 is 11.6 Å². The van der Waals surface area contributed by atoms with Gasteiger partial charge in [0.05, 0.1) is 16.6 Å². The van der Waals surface area contributed by atoms with Gasteiger partial charge in [-0.3, -0.25) is 4.21 Å². The largest absolute Gasteiger partial charge is 0.398 e. The van der Waals surface area contributed by atoms with Crippen molar-refractivity contribution in [2.45, 2.75) is 17.6 Å². The van der Waals surface area contributed by atoms with Gasteiger partial charge in [0.25, 0.3) is 0 Å². The zero-order valence-electron chi connectivity index (χ0n) is 10.3. The smallest absolute Gasteiger partial charge is 0.127 e. The van der Waals surface area contributed by atoms with Crippen molar-refractivity contribution in [3.8, 4) is 0 Å². The summed E-state index contributed by atoms with van der Waals surface area (Å²) in [5, 5.41) is 0.428. The van der Waals surface area contributed by atoms with Crippen LogP contribution in [0.25, 0.3) is 0 Å². The number of nitrogen functional groups attached to an aromatic ring is 1. The van der Waals surface area contributed by atoms with Crippen LogP contribution in [0.5, 0.6) is 0 Å². The highest BCUT2D eigenvalue weighted by molar-refractivity contribution is 7.84. The van der Waals surface area contributed by atoms with Crippen molar-refractivity contribution >= 4 is 28.1 Å². The maximum Gasteiger partial charge on any atom is 0.127 e. The molecule has 1 atom stereocenters. The van der Waals surface area contributed by atoms with E-state index in [9.17, 15) is 8.60 Å². The van der Waals surface area contributed by atoms with Gasteiger partial charge in [-0.25, -0.2) is 4.39 Å². The summed E-state index contributed by atoms with van der Waals surface area (Å²) in [7, 11) is -1.35. The number of hydrogen-bond donors (Lipinski definition) is 1. The lowest BCUT2D eigenvalue weighted by atomic mass is 10.2. The van der Waals surface area contributed by atoms with Crippen LogP contribution in [0.3, 0.4) is 0 Å². The number of nitrogens with two attached hydrogens (primary N) is 1. The predicted octanol–water partition coefficient (Wildman–Crippen LogP) is 3.68. The second-order valence-corrected chi connectivity index (χ2v) is 6.05. The van der Waals surface area contributed by atoms with Crippen molar-refractivity contribution in [1.29, 1.82) is 0 Å². The number of anilines is 1. The molecule has 2 nitrogen and oxygen atoms in total. The first-order chi connectivity index (χ1) is 8.99. The Kier molecular flexibility index (Phi) is 4.22. The molecule has 100 valence electrons. The second-order valence-electron chi connectivity index (χ2n) is 4.20. The first-order valence-corrected chi connectivity index (χ1v) is 7.36. The highest BCUT2D eigenvalue weighted by Gasteiger charge is 2.12. The minimum Gasteiger partial charge on any atom is -0.398 e. The van der Waals surface area contributed by atoms with Gasteiger partial charge in [0.15, 0.2) is 0 Å². The molecule has 0 saturated heterocycles. The summed E-state index contributed by atoms with van der Waals surface area (Å²) in [6.45, 7) is 1.80. The first kappa shape index (κ1) is 14.0. The summed E-state index contributed by atoms with van der Waals surface area (Å²) in [5.74, 6) is -0.323. The maximum atomic E-state index is 13.6. The Balaban J connectivity index is 2.31. The quantitative estimate of drug-likeness (QED) is 0.878. The Hall–Kier alpha value is -1.39. The molecule has 5 heteroatoms. The van der Waals surface area contributed by atoms with E-state index in [4.69, 9.17) is 17.3 Å². The van der Waals surface area contributed by atoms with Gasteiger partial charge in [-0.05, 0) is 42.8 Å². The van der Waals surface area contributed by atoms with Crippen LogP contribution in [-0.4, -0.2) is 4.21 Å². The summed E-state index contributed by atoms with van der Waals surface area (Å²) in [4.78, 5) is 0.624. The van der Waals surface area contributed by atoms with E-state index in [-0.39, 0.29) is 5.75 Å². The van der Waals surface area contributed by atoms with Crippen molar-refractivity contribution in [2.75, 3.05) is 5.73 Å². The van der Waals surface area contributed by atoms with Gasteiger partial charge in [-0.15, -0.1) is 0 Å². The zero-order valence-corrected chi connectivity index (χ0v) is 11.9. The van der Waals surface area contributed by atoms with Crippen LogP contribution in [0, 0.1) is 12.7 Å². The molecule has 2 aromatic carbocycles. The Bertz CT molecular complexity index is 645. The molecule has 2 N–H and O–H groups in total. The molecular formula is C14H13ClFNOS. The van der Waals surface area contributed by atoms with Crippen LogP contribution in [0.4, 0.5) is 10.1 Å². The molecule has 19 heavy (non-hydrogen) atoms. The molecule has 0 saturated carbocycles. The molecule has 0 heterocycles. The van der Waals surface area contributed by atoms with Crippen molar-refractivity contribution in [1.82, 2.24) is 0 Å². The van der Waals surface area contributed by atoms with E-state index in [1.165, 1.54) is 18.2 Å². The summed E-state index contributed by atoms with van der Waals surface area (Å²) in [6.07, 6.45) is 0. The van der Waals surface area contributed by atoms with Gasteiger partial charge in [-0.2, -0.15) is 0 Å². The first-order valence-electron chi connectivity index (χ1n) is 5.66. The Morgan fingerprint density at radius 2 is 2.05 bits per heavy atom. The minimum atomic E-state index is -1.35. The van der Waals surface area contributed by atoms with E-state index in [1.807, 2.05) is 0 Å². The summed E-state index contributed by atoms with van der Waals surface area (Å²) >= 11 is 5.82. The summed E-state index contributed by atoms with van der Waals surface area (Å²) < 4.78 is 25.9. The second kappa shape index (κ2) is 5.72. The number of rotatable bonds is 3. The van der Waals surface area contributed by atoms with Gasteiger partial charge in [0.2, 0.25) is 0 Å². The zero-order chi connectivity index (χ0) is 14.0. The number of halogens is 2. The maximum absolute atomic E-state index is 13.6. The molecular weight excluding hydrogens is 285 g/mol. The van der Waals surface area contributed by atoms with Gasteiger partial charge in [0, 0.05) is 21.2 Å². The van der Waals surface area contributed by atoms with Gasteiger partial charge < -0.3 is 5.73 Å². The average Bonchev–Trinajstić information content (AvgIpc) is 2.37. The van der Waals surface area contributed by atoms with Gasteiger partial charge in [0.1, 0.15) is 5.82 Å². The van der Waals surface area contributed by atoms with E-state index in [1.54, 1.807) is 25.1 Å². The molecule has 0 aliphatic carbocycles. The van der Waals surface area contributed by atoms with E-state index in [0.29, 0.717) is 21.2 Å². The van der Waals surface area contributed by atoms with Gasteiger partial charge in [-0.1, -0.05) is 17.7 Å². The fourth-order valence-electron chi connectivity index (χ4n) is 1.75. The topological polar surface area (TPSA) is 43.1 Å².